The molecule has 202 valence electrons. The number of esters is 1. The number of piperazine rings is 1. The monoisotopic (exact) mass is 522 g/mol. The molecule has 2 atom stereocenters. The van der Waals surface area contributed by atoms with E-state index in [0.29, 0.717) is 37.4 Å². The van der Waals surface area contributed by atoms with Gasteiger partial charge in [-0.25, -0.2) is 14.0 Å². The number of hydrogen-bond donors (Lipinski definition) is 1. The number of rotatable bonds is 7. The van der Waals surface area contributed by atoms with E-state index in [2.05, 4.69) is 10.2 Å². The fourth-order valence-electron chi connectivity index (χ4n) is 5.15. The number of carbonyl (C=O) groups is 3. The van der Waals surface area contributed by atoms with E-state index in [-0.39, 0.29) is 36.2 Å². The lowest BCUT2D eigenvalue weighted by molar-refractivity contribution is -0.139. The number of aryl methyl sites for hydroxylation is 1. The van der Waals surface area contributed by atoms with Gasteiger partial charge in [-0.15, -0.1) is 0 Å². The van der Waals surface area contributed by atoms with Gasteiger partial charge in [-0.2, -0.15) is 0 Å². The van der Waals surface area contributed by atoms with E-state index in [1.54, 1.807) is 25.1 Å². The van der Waals surface area contributed by atoms with Gasteiger partial charge in [0.05, 0.1) is 18.2 Å². The van der Waals surface area contributed by atoms with Gasteiger partial charge in [-0.05, 0) is 45.9 Å². The Morgan fingerprint density at radius 3 is 2.42 bits per heavy atom. The van der Waals surface area contributed by atoms with Gasteiger partial charge in [-0.3, -0.25) is 14.6 Å². The lowest BCUT2D eigenvalue weighted by atomic mass is 9.93. The van der Waals surface area contributed by atoms with Crippen molar-refractivity contribution in [3.05, 3.63) is 82.3 Å². The molecule has 0 saturated carbocycles. The van der Waals surface area contributed by atoms with Crippen molar-refractivity contribution >= 4 is 17.9 Å². The van der Waals surface area contributed by atoms with Crippen LogP contribution in [0.15, 0.2) is 59.8 Å². The quantitative estimate of drug-likeness (QED) is 0.558. The van der Waals surface area contributed by atoms with Gasteiger partial charge in [0.25, 0.3) is 5.91 Å². The molecule has 0 aromatic heterocycles. The summed E-state index contributed by atoms with van der Waals surface area (Å²) in [5, 5.41) is 2.80. The van der Waals surface area contributed by atoms with Crippen LogP contribution in [0.25, 0.3) is 0 Å². The number of nitrogens with zero attached hydrogens (tertiary/aromatic N) is 3. The predicted octanol–water partition coefficient (Wildman–Crippen LogP) is 3.88. The zero-order valence-electron chi connectivity index (χ0n) is 22.4. The molecule has 3 amide bonds. The van der Waals surface area contributed by atoms with Crippen LogP contribution in [0.3, 0.4) is 0 Å². The molecule has 2 aliphatic rings. The summed E-state index contributed by atoms with van der Waals surface area (Å²) in [6.07, 6.45) is 0. The summed E-state index contributed by atoms with van der Waals surface area (Å²) < 4.78 is 20.2. The Labute approximate surface area is 223 Å². The van der Waals surface area contributed by atoms with Gasteiger partial charge in [0.1, 0.15) is 5.82 Å². The normalized spacial score (nSPS) is 20.4. The van der Waals surface area contributed by atoms with Crippen molar-refractivity contribution < 1.29 is 23.5 Å². The molecule has 4 rings (SSSR count). The van der Waals surface area contributed by atoms with Crippen molar-refractivity contribution in [1.82, 2.24) is 20.0 Å². The number of urea groups is 1. The molecule has 2 heterocycles. The number of halogens is 1. The zero-order chi connectivity index (χ0) is 27.4. The van der Waals surface area contributed by atoms with Crippen LogP contribution in [-0.2, 0) is 9.53 Å². The van der Waals surface area contributed by atoms with Crippen molar-refractivity contribution in [2.75, 3.05) is 39.3 Å². The van der Waals surface area contributed by atoms with E-state index in [1.807, 2.05) is 49.9 Å². The molecular formula is C29H35FN4O4. The number of hydrogen-bond acceptors (Lipinski definition) is 5. The molecule has 2 aromatic rings. The first kappa shape index (κ1) is 27.3. The summed E-state index contributed by atoms with van der Waals surface area (Å²) in [7, 11) is 0. The zero-order valence-corrected chi connectivity index (χ0v) is 22.4. The Morgan fingerprint density at radius 1 is 1.08 bits per heavy atom. The largest absolute Gasteiger partial charge is 0.463 e. The molecule has 0 bridgehead atoms. The van der Waals surface area contributed by atoms with Gasteiger partial charge in [0, 0.05) is 55.6 Å². The second kappa shape index (κ2) is 11.8. The Bertz CT molecular complexity index is 1230. The summed E-state index contributed by atoms with van der Waals surface area (Å²) in [5.74, 6) is -1.12. The van der Waals surface area contributed by atoms with E-state index in [9.17, 15) is 18.8 Å². The molecule has 0 unspecified atom stereocenters. The second-order valence-corrected chi connectivity index (χ2v) is 9.68. The minimum Gasteiger partial charge on any atom is -0.463 e. The van der Waals surface area contributed by atoms with E-state index in [4.69, 9.17) is 4.74 Å². The van der Waals surface area contributed by atoms with E-state index < -0.39 is 23.9 Å². The SMILES string of the molecule is CCOC(=O)C1=C(CN2CCN(C(=O)c3ccc(C)cc3)[C@@H](C)C2)N(CC)C(=O)N[C@H]1c1ccccc1F. The summed E-state index contributed by atoms with van der Waals surface area (Å²) >= 11 is 0. The third kappa shape index (κ3) is 5.57. The van der Waals surface area contributed by atoms with Crippen molar-refractivity contribution in [3.63, 3.8) is 0 Å². The number of benzene rings is 2. The van der Waals surface area contributed by atoms with Crippen LogP contribution in [0.2, 0.25) is 0 Å². The Kier molecular flexibility index (Phi) is 8.46. The van der Waals surface area contributed by atoms with Crippen LogP contribution >= 0.6 is 0 Å². The first-order valence-electron chi connectivity index (χ1n) is 13.1. The summed E-state index contributed by atoms with van der Waals surface area (Å²) in [5.41, 5.74) is 2.67. The Hall–Kier alpha value is -3.72. The van der Waals surface area contributed by atoms with Gasteiger partial charge in [-0.1, -0.05) is 35.9 Å². The molecule has 1 saturated heterocycles. The highest BCUT2D eigenvalue weighted by molar-refractivity contribution is 5.95. The summed E-state index contributed by atoms with van der Waals surface area (Å²) in [6, 6.07) is 12.2. The predicted molar refractivity (Wildman–Crippen MR) is 142 cm³/mol. The van der Waals surface area contributed by atoms with Crippen LogP contribution < -0.4 is 5.32 Å². The number of likely N-dealkylation sites (N-methyl/N-ethyl adjacent to an activating group) is 1. The van der Waals surface area contributed by atoms with Gasteiger partial charge in [0.2, 0.25) is 0 Å². The second-order valence-electron chi connectivity index (χ2n) is 9.68. The molecular weight excluding hydrogens is 487 g/mol. The molecule has 1 N–H and O–H groups in total. The lowest BCUT2D eigenvalue weighted by Gasteiger charge is -2.43. The standard InChI is InChI=1S/C29H35FN4O4/c1-5-33-24(18-32-15-16-34(20(4)17-32)27(35)21-13-11-19(3)12-14-21)25(28(36)38-6-2)26(31-29(33)37)22-9-7-8-10-23(22)30/h7-14,20,26H,5-6,15-18H2,1-4H3,(H,31,37)/t20-,26-/m0/s1. The van der Waals surface area contributed by atoms with Crippen LogP contribution in [-0.4, -0.2) is 78.0 Å². The topological polar surface area (TPSA) is 82.2 Å². The van der Waals surface area contributed by atoms with Crippen LogP contribution in [0.5, 0.6) is 0 Å². The summed E-state index contributed by atoms with van der Waals surface area (Å²) in [4.78, 5) is 45.0. The number of carbonyl (C=O) groups excluding carboxylic acids is 3. The van der Waals surface area contributed by atoms with E-state index in [1.165, 1.54) is 11.0 Å². The molecule has 0 aliphatic carbocycles. The molecule has 2 aliphatic heterocycles. The van der Waals surface area contributed by atoms with Crippen LogP contribution in [0, 0.1) is 12.7 Å². The third-order valence-corrected chi connectivity index (χ3v) is 7.11. The van der Waals surface area contributed by atoms with E-state index >= 15 is 0 Å². The maximum Gasteiger partial charge on any atom is 0.338 e. The number of ether oxygens (including phenoxy) is 1. The smallest absolute Gasteiger partial charge is 0.338 e. The molecule has 0 radical (unpaired) electrons. The maximum atomic E-state index is 14.8. The Balaban J connectivity index is 1.63. The highest BCUT2D eigenvalue weighted by Crippen LogP contribution is 2.33. The first-order valence-corrected chi connectivity index (χ1v) is 13.1. The average molecular weight is 523 g/mol. The molecule has 38 heavy (non-hydrogen) atoms. The van der Waals surface area contributed by atoms with Crippen LogP contribution in [0.1, 0.15) is 48.3 Å². The lowest BCUT2D eigenvalue weighted by Crippen LogP contribution is -2.56. The maximum absolute atomic E-state index is 14.8. The van der Waals surface area contributed by atoms with Crippen molar-refractivity contribution in [1.29, 1.82) is 0 Å². The van der Waals surface area contributed by atoms with Gasteiger partial charge < -0.3 is 15.0 Å². The summed E-state index contributed by atoms with van der Waals surface area (Å²) in [6.45, 7) is 9.90. The number of nitrogens with one attached hydrogen (secondary N) is 1. The van der Waals surface area contributed by atoms with E-state index in [0.717, 1.165) is 5.56 Å². The molecule has 2 aromatic carbocycles. The first-order chi connectivity index (χ1) is 18.2. The molecule has 1 fully saturated rings. The molecule has 0 spiro atoms. The number of amides is 3. The highest BCUT2D eigenvalue weighted by Gasteiger charge is 2.40. The molecule has 8 nitrogen and oxygen atoms in total. The van der Waals surface area contributed by atoms with Crippen molar-refractivity contribution in [2.24, 2.45) is 0 Å². The fraction of sp³-hybridized carbons (Fsp3) is 0.414. The Morgan fingerprint density at radius 2 is 1.79 bits per heavy atom. The van der Waals surface area contributed by atoms with Crippen molar-refractivity contribution in [3.8, 4) is 0 Å². The van der Waals surface area contributed by atoms with Gasteiger partial charge >= 0.3 is 12.0 Å². The minimum atomic E-state index is -0.970. The average Bonchev–Trinajstić information content (AvgIpc) is 2.89. The third-order valence-electron chi connectivity index (χ3n) is 7.11. The fourth-order valence-corrected chi connectivity index (χ4v) is 5.15. The highest BCUT2D eigenvalue weighted by atomic mass is 19.1. The molecule has 9 heteroatoms. The van der Waals surface area contributed by atoms with Gasteiger partial charge in [0.15, 0.2) is 0 Å². The minimum absolute atomic E-state index is 0.0181. The van der Waals surface area contributed by atoms with Crippen molar-refractivity contribution in [2.45, 2.75) is 39.8 Å². The van der Waals surface area contributed by atoms with Crippen LogP contribution in [0.4, 0.5) is 9.18 Å².